The molecule has 102 valence electrons. The van der Waals surface area contributed by atoms with Crippen LogP contribution in [0.4, 0.5) is 0 Å². The van der Waals surface area contributed by atoms with Crippen LogP contribution in [0.1, 0.15) is 40.1 Å². The van der Waals surface area contributed by atoms with Gasteiger partial charge in [0, 0.05) is 10.9 Å². The maximum atomic E-state index is 3.60. The monoisotopic (exact) mass is 273 g/mol. The van der Waals surface area contributed by atoms with E-state index in [0.717, 1.165) is 13.0 Å². The highest BCUT2D eigenvalue weighted by Crippen LogP contribution is 2.24. The molecule has 1 unspecified atom stereocenters. The van der Waals surface area contributed by atoms with Gasteiger partial charge < -0.3 is 5.32 Å². The van der Waals surface area contributed by atoms with Crippen molar-refractivity contribution in [2.24, 2.45) is 0 Å². The molecular formula is C17H23NS. The SMILES string of the molecule is CCNC(Cc1ccc(C)c(C)c1)c1csc(C)c1. The summed E-state index contributed by atoms with van der Waals surface area (Å²) in [4.78, 5) is 1.39. The lowest BCUT2D eigenvalue weighted by Crippen LogP contribution is -2.22. The van der Waals surface area contributed by atoms with Gasteiger partial charge in [-0.05, 0) is 67.4 Å². The maximum Gasteiger partial charge on any atom is 0.0369 e. The molecule has 0 aliphatic heterocycles. The van der Waals surface area contributed by atoms with E-state index in [0.29, 0.717) is 6.04 Å². The van der Waals surface area contributed by atoms with E-state index in [1.807, 2.05) is 11.3 Å². The molecule has 2 aromatic rings. The number of hydrogen-bond donors (Lipinski definition) is 1. The smallest absolute Gasteiger partial charge is 0.0369 e. The first-order chi connectivity index (χ1) is 9.10. The molecule has 0 aliphatic rings. The lowest BCUT2D eigenvalue weighted by atomic mass is 9.98. The van der Waals surface area contributed by atoms with Crippen LogP contribution in [-0.4, -0.2) is 6.54 Å². The average Bonchev–Trinajstić information content (AvgIpc) is 2.80. The molecule has 0 amide bonds. The molecule has 1 aromatic carbocycles. The molecule has 1 aromatic heterocycles. The number of thiophene rings is 1. The van der Waals surface area contributed by atoms with Gasteiger partial charge in [-0.1, -0.05) is 25.1 Å². The molecule has 0 saturated heterocycles. The summed E-state index contributed by atoms with van der Waals surface area (Å²) in [5.41, 5.74) is 5.59. The minimum atomic E-state index is 0.428. The first-order valence-corrected chi connectivity index (χ1v) is 7.82. The Morgan fingerprint density at radius 2 is 1.89 bits per heavy atom. The number of aryl methyl sites for hydroxylation is 3. The van der Waals surface area contributed by atoms with Gasteiger partial charge >= 0.3 is 0 Å². The van der Waals surface area contributed by atoms with Crippen molar-refractivity contribution in [2.45, 2.75) is 40.2 Å². The first kappa shape index (κ1) is 14.3. The van der Waals surface area contributed by atoms with Gasteiger partial charge in [0.1, 0.15) is 0 Å². The van der Waals surface area contributed by atoms with Gasteiger partial charge in [-0.25, -0.2) is 0 Å². The first-order valence-electron chi connectivity index (χ1n) is 6.94. The zero-order chi connectivity index (χ0) is 13.8. The van der Waals surface area contributed by atoms with E-state index in [9.17, 15) is 0 Å². The predicted octanol–water partition coefficient (Wildman–Crippen LogP) is 4.57. The summed E-state index contributed by atoms with van der Waals surface area (Å²) in [5.74, 6) is 0. The molecule has 19 heavy (non-hydrogen) atoms. The van der Waals surface area contributed by atoms with Crippen molar-refractivity contribution in [3.05, 3.63) is 56.8 Å². The summed E-state index contributed by atoms with van der Waals surface area (Å²) in [6, 6.07) is 9.54. The molecule has 2 rings (SSSR count). The fraction of sp³-hybridized carbons (Fsp3) is 0.412. The topological polar surface area (TPSA) is 12.0 Å². The van der Waals surface area contributed by atoms with Crippen LogP contribution in [0.5, 0.6) is 0 Å². The van der Waals surface area contributed by atoms with E-state index in [1.54, 1.807) is 0 Å². The molecule has 0 saturated carbocycles. The van der Waals surface area contributed by atoms with Gasteiger partial charge in [-0.2, -0.15) is 0 Å². The second kappa shape index (κ2) is 6.36. The zero-order valence-electron chi connectivity index (χ0n) is 12.3. The minimum Gasteiger partial charge on any atom is -0.310 e. The Balaban J connectivity index is 2.18. The van der Waals surface area contributed by atoms with Crippen LogP contribution in [-0.2, 0) is 6.42 Å². The van der Waals surface area contributed by atoms with Crippen molar-refractivity contribution in [1.82, 2.24) is 5.32 Å². The van der Waals surface area contributed by atoms with Crippen molar-refractivity contribution in [3.63, 3.8) is 0 Å². The lowest BCUT2D eigenvalue weighted by Gasteiger charge is -2.17. The Morgan fingerprint density at radius 3 is 2.47 bits per heavy atom. The molecule has 1 heterocycles. The summed E-state index contributed by atoms with van der Waals surface area (Å²) in [5, 5.41) is 5.88. The van der Waals surface area contributed by atoms with Gasteiger partial charge in [-0.3, -0.25) is 0 Å². The van der Waals surface area contributed by atoms with Crippen LogP contribution >= 0.6 is 11.3 Å². The normalized spacial score (nSPS) is 12.6. The summed E-state index contributed by atoms with van der Waals surface area (Å²) in [6.07, 6.45) is 1.06. The number of nitrogens with one attached hydrogen (secondary N) is 1. The highest BCUT2D eigenvalue weighted by molar-refractivity contribution is 7.10. The Labute approximate surface area is 120 Å². The van der Waals surface area contributed by atoms with Gasteiger partial charge in [-0.15, -0.1) is 11.3 Å². The molecule has 1 N–H and O–H groups in total. The lowest BCUT2D eigenvalue weighted by molar-refractivity contribution is 0.551. The largest absolute Gasteiger partial charge is 0.310 e. The van der Waals surface area contributed by atoms with Gasteiger partial charge in [0.25, 0.3) is 0 Å². The summed E-state index contributed by atoms with van der Waals surface area (Å²) < 4.78 is 0. The molecule has 0 radical (unpaired) electrons. The van der Waals surface area contributed by atoms with E-state index in [-0.39, 0.29) is 0 Å². The second-order valence-corrected chi connectivity index (χ2v) is 6.34. The molecule has 2 heteroatoms. The third-order valence-corrected chi connectivity index (χ3v) is 4.49. The molecule has 0 spiro atoms. The molecule has 0 fully saturated rings. The van der Waals surface area contributed by atoms with Gasteiger partial charge in [0.05, 0.1) is 0 Å². The Kier molecular flexibility index (Phi) is 4.78. The van der Waals surface area contributed by atoms with E-state index in [1.165, 1.54) is 27.1 Å². The number of benzene rings is 1. The highest BCUT2D eigenvalue weighted by Gasteiger charge is 2.12. The number of rotatable bonds is 5. The Bertz CT molecular complexity index is 542. The van der Waals surface area contributed by atoms with Crippen LogP contribution < -0.4 is 5.32 Å². The average molecular weight is 273 g/mol. The maximum absolute atomic E-state index is 3.60. The van der Waals surface area contributed by atoms with Crippen molar-refractivity contribution >= 4 is 11.3 Å². The summed E-state index contributed by atoms with van der Waals surface area (Å²) in [7, 11) is 0. The van der Waals surface area contributed by atoms with E-state index in [2.05, 4.69) is 62.7 Å². The van der Waals surface area contributed by atoms with Crippen molar-refractivity contribution in [1.29, 1.82) is 0 Å². The molecular weight excluding hydrogens is 250 g/mol. The fourth-order valence-corrected chi connectivity index (χ4v) is 3.13. The van der Waals surface area contributed by atoms with Crippen LogP contribution in [0.25, 0.3) is 0 Å². The second-order valence-electron chi connectivity index (χ2n) is 5.22. The van der Waals surface area contributed by atoms with Gasteiger partial charge in [0.2, 0.25) is 0 Å². The Hall–Kier alpha value is -1.12. The van der Waals surface area contributed by atoms with E-state index in [4.69, 9.17) is 0 Å². The fourth-order valence-electron chi connectivity index (χ4n) is 2.37. The molecule has 0 bridgehead atoms. The predicted molar refractivity (Wildman–Crippen MR) is 85.1 cm³/mol. The molecule has 0 aliphatic carbocycles. The van der Waals surface area contributed by atoms with Crippen LogP contribution in [0.15, 0.2) is 29.6 Å². The quantitative estimate of drug-likeness (QED) is 0.841. The van der Waals surface area contributed by atoms with Crippen LogP contribution in [0.3, 0.4) is 0 Å². The molecule has 1 nitrogen and oxygen atoms in total. The summed E-state index contributed by atoms with van der Waals surface area (Å²) >= 11 is 1.83. The van der Waals surface area contributed by atoms with Crippen molar-refractivity contribution in [2.75, 3.05) is 6.54 Å². The van der Waals surface area contributed by atoms with E-state index < -0.39 is 0 Å². The van der Waals surface area contributed by atoms with E-state index >= 15 is 0 Å². The third-order valence-electron chi connectivity index (χ3n) is 3.61. The van der Waals surface area contributed by atoms with Gasteiger partial charge in [0.15, 0.2) is 0 Å². The standard InChI is InChI=1S/C17H23NS/c1-5-18-17(16-9-14(4)19-11-16)10-15-7-6-12(2)13(3)8-15/h6-9,11,17-18H,5,10H2,1-4H3. The van der Waals surface area contributed by atoms with Crippen LogP contribution in [0, 0.1) is 20.8 Å². The number of likely N-dealkylation sites (N-methyl/N-ethyl adjacent to an activating group) is 1. The highest BCUT2D eigenvalue weighted by atomic mass is 32.1. The Morgan fingerprint density at radius 1 is 1.11 bits per heavy atom. The number of hydrogen-bond acceptors (Lipinski definition) is 2. The van der Waals surface area contributed by atoms with Crippen LogP contribution in [0.2, 0.25) is 0 Å². The minimum absolute atomic E-state index is 0.428. The zero-order valence-corrected chi connectivity index (χ0v) is 13.1. The third kappa shape index (κ3) is 3.68. The summed E-state index contributed by atoms with van der Waals surface area (Å²) in [6.45, 7) is 9.71. The van der Waals surface area contributed by atoms with Crippen molar-refractivity contribution < 1.29 is 0 Å². The molecule has 1 atom stereocenters. The van der Waals surface area contributed by atoms with Crippen molar-refractivity contribution in [3.8, 4) is 0 Å².